The fourth-order valence-electron chi connectivity index (χ4n) is 1.06. The van der Waals surface area contributed by atoms with Crippen LogP contribution < -0.4 is 0 Å². The highest BCUT2D eigenvalue weighted by Gasteiger charge is 2.07. The summed E-state index contributed by atoms with van der Waals surface area (Å²) in [5.41, 5.74) is 2.09. The van der Waals surface area contributed by atoms with Crippen molar-refractivity contribution in [2.75, 3.05) is 0 Å². The maximum absolute atomic E-state index is 8.66. The van der Waals surface area contributed by atoms with E-state index in [1.807, 2.05) is 30.5 Å². The van der Waals surface area contributed by atoms with Crippen LogP contribution in [0.4, 0.5) is 0 Å². The van der Waals surface area contributed by atoms with E-state index in [2.05, 4.69) is 0 Å². The van der Waals surface area contributed by atoms with Crippen molar-refractivity contribution in [3.8, 4) is 12.1 Å². The number of hydrogen-bond donors (Lipinski definition) is 0. The molecule has 0 aliphatic heterocycles. The summed E-state index contributed by atoms with van der Waals surface area (Å²) in [6.07, 6.45) is 0. The molecule has 0 saturated carbocycles. The Labute approximate surface area is 81.4 Å². The molecule has 0 fully saturated rings. The van der Waals surface area contributed by atoms with Gasteiger partial charge in [-0.1, -0.05) is 0 Å². The second-order valence-corrected chi connectivity index (χ2v) is 3.57. The summed E-state index contributed by atoms with van der Waals surface area (Å²) < 4.78 is 0. The summed E-state index contributed by atoms with van der Waals surface area (Å²) in [5.74, 6) is 0. The number of nitriles is 2. The molecule has 64 valence electrons. The monoisotopic (exact) mass is 188 g/mol. The summed E-state index contributed by atoms with van der Waals surface area (Å²) in [4.78, 5) is 1.03. The fraction of sp³-hybridized carbons (Fsp3) is 0.200. The first kappa shape index (κ1) is 9.51. The highest BCUT2D eigenvalue weighted by atomic mass is 32.1. The van der Waals surface area contributed by atoms with Crippen molar-refractivity contribution in [3.63, 3.8) is 0 Å². The topological polar surface area (TPSA) is 47.6 Å². The van der Waals surface area contributed by atoms with Gasteiger partial charge in [-0.2, -0.15) is 10.5 Å². The van der Waals surface area contributed by atoms with Crippen LogP contribution in [0.15, 0.2) is 17.0 Å². The molecule has 0 aliphatic carbocycles. The molecule has 0 amide bonds. The minimum atomic E-state index is 0.200. The quantitative estimate of drug-likeness (QED) is 0.636. The highest BCUT2D eigenvalue weighted by Crippen LogP contribution is 2.26. The van der Waals surface area contributed by atoms with Crippen LogP contribution in [-0.2, 0) is 0 Å². The third kappa shape index (κ3) is 1.77. The predicted octanol–water partition coefficient (Wildman–Crippen LogP) is 2.88. The molecule has 0 bridgehead atoms. The smallest absolute Gasteiger partial charge is 0.133 e. The number of rotatable bonds is 1. The summed E-state index contributed by atoms with van der Waals surface area (Å²) in [5, 5.41) is 19.3. The number of hydrogen-bond acceptors (Lipinski definition) is 3. The minimum absolute atomic E-state index is 0.200. The van der Waals surface area contributed by atoms with Gasteiger partial charge >= 0.3 is 0 Å². The molecule has 1 aromatic heterocycles. The molecule has 0 atom stereocenters. The molecule has 0 spiro atoms. The maximum Gasteiger partial charge on any atom is 0.133 e. The van der Waals surface area contributed by atoms with Crippen LogP contribution in [-0.4, -0.2) is 0 Å². The van der Waals surface area contributed by atoms with Crippen molar-refractivity contribution in [1.82, 2.24) is 0 Å². The Bertz CT molecular complexity index is 411. The van der Waals surface area contributed by atoms with Gasteiger partial charge in [0.05, 0.1) is 0 Å². The van der Waals surface area contributed by atoms with Gasteiger partial charge in [-0.05, 0) is 36.4 Å². The third-order valence-corrected chi connectivity index (χ3v) is 2.94. The number of nitrogens with zero attached hydrogens (tertiary/aromatic N) is 2. The van der Waals surface area contributed by atoms with Crippen molar-refractivity contribution in [2.45, 2.75) is 13.8 Å². The van der Waals surface area contributed by atoms with E-state index in [9.17, 15) is 0 Å². The second kappa shape index (κ2) is 3.89. The number of thiophene rings is 1. The number of aryl methyl sites for hydroxylation is 1. The molecule has 2 nitrogen and oxygen atoms in total. The lowest BCUT2D eigenvalue weighted by molar-refractivity contribution is 1.44. The highest BCUT2D eigenvalue weighted by molar-refractivity contribution is 7.11. The molecule has 1 aromatic rings. The Hall–Kier alpha value is -1.58. The molecule has 0 aromatic carbocycles. The number of allylic oxidation sites excluding steroid dienone is 2. The standard InChI is InChI=1S/C10H8N2S/c1-7-3-4-13-10(7)8(2)9(5-11)6-12/h3-4H,1-2H3. The van der Waals surface area contributed by atoms with Crippen molar-refractivity contribution < 1.29 is 0 Å². The lowest BCUT2D eigenvalue weighted by atomic mass is 10.1. The van der Waals surface area contributed by atoms with Crippen LogP contribution in [0, 0.1) is 29.6 Å². The minimum Gasteiger partial charge on any atom is -0.192 e. The van der Waals surface area contributed by atoms with Gasteiger partial charge in [0.1, 0.15) is 17.7 Å². The third-order valence-electron chi connectivity index (χ3n) is 1.80. The van der Waals surface area contributed by atoms with Gasteiger partial charge in [0.15, 0.2) is 0 Å². The van der Waals surface area contributed by atoms with Crippen molar-refractivity contribution in [3.05, 3.63) is 27.5 Å². The maximum atomic E-state index is 8.66. The molecule has 13 heavy (non-hydrogen) atoms. The van der Waals surface area contributed by atoms with E-state index in [0.717, 1.165) is 16.0 Å². The van der Waals surface area contributed by atoms with E-state index in [0.29, 0.717) is 0 Å². The lowest BCUT2D eigenvalue weighted by Crippen LogP contribution is -1.82. The zero-order valence-corrected chi connectivity index (χ0v) is 8.27. The van der Waals surface area contributed by atoms with Gasteiger partial charge < -0.3 is 0 Å². The molecular formula is C10H8N2S. The molecule has 0 saturated heterocycles. The SMILES string of the molecule is CC(=C(C#N)C#N)c1sccc1C. The van der Waals surface area contributed by atoms with E-state index in [1.165, 1.54) is 0 Å². The van der Waals surface area contributed by atoms with Crippen molar-refractivity contribution in [1.29, 1.82) is 10.5 Å². The predicted molar refractivity (Wildman–Crippen MR) is 52.9 cm³/mol. The molecule has 1 rings (SSSR count). The van der Waals surface area contributed by atoms with Gasteiger partial charge in [0, 0.05) is 4.88 Å². The molecule has 0 aliphatic rings. The fourth-order valence-corrected chi connectivity index (χ4v) is 2.00. The van der Waals surface area contributed by atoms with Gasteiger partial charge in [-0.15, -0.1) is 11.3 Å². The zero-order chi connectivity index (χ0) is 9.84. The first-order valence-corrected chi connectivity index (χ1v) is 4.64. The van der Waals surface area contributed by atoms with E-state index >= 15 is 0 Å². The average molecular weight is 188 g/mol. The first-order valence-electron chi connectivity index (χ1n) is 3.76. The zero-order valence-electron chi connectivity index (χ0n) is 7.46. The van der Waals surface area contributed by atoms with Crippen molar-refractivity contribution in [2.24, 2.45) is 0 Å². The second-order valence-electron chi connectivity index (χ2n) is 2.66. The van der Waals surface area contributed by atoms with Gasteiger partial charge in [0.25, 0.3) is 0 Å². The molecule has 3 heteroatoms. The van der Waals surface area contributed by atoms with Crippen LogP contribution in [0.2, 0.25) is 0 Å². The van der Waals surface area contributed by atoms with E-state index < -0.39 is 0 Å². The summed E-state index contributed by atoms with van der Waals surface area (Å²) >= 11 is 1.56. The Kier molecular flexibility index (Phi) is 2.84. The van der Waals surface area contributed by atoms with Crippen LogP contribution in [0.5, 0.6) is 0 Å². The molecule has 0 radical (unpaired) electrons. The van der Waals surface area contributed by atoms with Crippen LogP contribution in [0.1, 0.15) is 17.4 Å². The van der Waals surface area contributed by atoms with Gasteiger partial charge in [-0.3, -0.25) is 0 Å². The summed E-state index contributed by atoms with van der Waals surface area (Å²) in [6.45, 7) is 3.78. The van der Waals surface area contributed by atoms with Crippen molar-refractivity contribution >= 4 is 16.9 Å². The van der Waals surface area contributed by atoms with Crippen LogP contribution >= 0.6 is 11.3 Å². The summed E-state index contributed by atoms with van der Waals surface area (Å²) in [6, 6.07) is 5.77. The van der Waals surface area contributed by atoms with E-state index in [-0.39, 0.29) is 5.57 Å². The Morgan fingerprint density at radius 2 is 2.00 bits per heavy atom. The molecular weight excluding hydrogens is 180 g/mol. The molecule has 1 heterocycles. The average Bonchev–Trinajstić information content (AvgIpc) is 2.53. The van der Waals surface area contributed by atoms with Gasteiger partial charge in [-0.25, -0.2) is 0 Å². The summed E-state index contributed by atoms with van der Waals surface area (Å²) in [7, 11) is 0. The Morgan fingerprint density at radius 1 is 1.38 bits per heavy atom. The molecule has 0 N–H and O–H groups in total. The normalized spacial score (nSPS) is 8.62. The first-order chi connectivity index (χ1) is 6.20. The Morgan fingerprint density at radius 3 is 2.38 bits per heavy atom. The largest absolute Gasteiger partial charge is 0.192 e. The van der Waals surface area contributed by atoms with Gasteiger partial charge in [0.2, 0.25) is 0 Å². The van der Waals surface area contributed by atoms with Crippen LogP contribution in [0.25, 0.3) is 5.57 Å². The van der Waals surface area contributed by atoms with E-state index in [4.69, 9.17) is 10.5 Å². The Balaban J connectivity index is 3.28. The van der Waals surface area contributed by atoms with E-state index in [1.54, 1.807) is 18.3 Å². The lowest BCUT2D eigenvalue weighted by Gasteiger charge is -1.97. The molecule has 0 unspecified atom stereocenters. The van der Waals surface area contributed by atoms with Crippen LogP contribution in [0.3, 0.4) is 0 Å².